The molecule has 2 N–H and O–H groups in total. The van der Waals surface area contributed by atoms with E-state index in [0.717, 1.165) is 12.1 Å². The molecule has 1 unspecified atom stereocenters. The molecule has 9 heteroatoms. The van der Waals surface area contributed by atoms with Gasteiger partial charge < -0.3 is 9.84 Å². The van der Waals surface area contributed by atoms with Gasteiger partial charge in [-0.1, -0.05) is 0 Å². The fraction of sp³-hybridized carbons (Fsp3) is 0.400. The number of aliphatic hydroxyl groups excluding tert-OH is 1. The number of benzene rings is 1. The minimum absolute atomic E-state index is 0.147. The molecule has 0 spiro atoms. The Morgan fingerprint density at radius 2 is 2.05 bits per heavy atom. The second-order valence-corrected chi connectivity index (χ2v) is 5.32. The van der Waals surface area contributed by atoms with Gasteiger partial charge in [0.2, 0.25) is 10.0 Å². The van der Waals surface area contributed by atoms with Gasteiger partial charge in [0, 0.05) is 6.54 Å². The fourth-order valence-electron chi connectivity index (χ4n) is 1.18. The summed E-state index contributed by atoms with van der Waals surface area (Å²) >= 11 is 0. The van der Waals surface area contributed by atoms with Gasteiger partial charge in [0.15, 0.2) is 11.6 Å². The molecule has 0 bridgehead atoms. The maximum atomic E-state index is 13.3. The van der Waals surface area contributed by atoms with Crippen LogP contribution >= 0.6 is 0 Å². The Bertz CT molecular complexity index is 536. The zero-order valence-corrected chi connectivity index (χ0v) is 10.6. The lowest BCUT2D eigenvalue weighted by atomic mass is 10.3. The Labute approximate surface area is 108 Å². The number of aliphatic hydroxyl groups is 1. The van der Waals surface area contributed by atoms with Crippen LogP contribution in [-0.2, 0) is 10.0 Å². The Hall–Kier alpha value is -1.32. The van der Waals surface area contributed by atoms with Gasteiger partial charge in [-0.3, -0.25) is 0 Å². The van der Waals surface area contributed by atoms with Crippen molar-refractivity contribution in [1.29, 1.82) is 0 Å². The van der Waals surface area contributed by atoms with E-state index in [1.807, 2.05) is 0 Å². The molecule has 1 atom stereocenters. The quantitative estimate of drug-likeness (QED) is 0.812. The fourth-order valence-corrected chi connectivity index (χ4v) is 2.24. The van der Waals surface area contributed by atoms with Crippen molar-refractivity contribution in [2.75, 3.05) is 13.7 Å². The normalized spacial score (nSPS) is 13.6. The van der Waals surface area contributed by atoms with Gasteiger partial charge in [-0.25, -0.2) is 26.3 Å². The Morgan fingerprint density at radius 1 is 1.42 bits per heavy atom. The molecule has 0 heterocycles. The predicted octanol–water partition coefficient (Wildman–Crippen LogP) is 0.739. The van der Waals surface area contributed by atoms with Gasteiger partial charge in [0.25, 0.3) is 6.43 Å². The molecule has 0 amide bonds. The van der Waals surface area contributed by atoms with E-state index in [9.17, 15) is 21.6 Å². The van der Waals surface area contributed by atoms with Crippen LogP contribution in [0.4, 0.5) is 13.2 Å². The van der Waals surface area contributed by atoms with E-state index in [4.69, 9.17) is 5.11 Å². The average Bonchev–Trinajstić information content (AvgIpc) is 2.35. The molecule has 1 aromatic rings. The lowest BCUT2D eigenvalue weighted by molar-refractivity contribution is -0.000452. The van der Waals surface area contributed by atoms with Gasteiger partial charge >= 0.3 is 0 Å². The summed E-state index contributed by atoms with van der Waals surface area (Å²) < 4.78 is 67.0. The highest BCUT2D eigenvalue weighted by Gasteiger charge is 2.22. The molecular formula is C10H12F3NO4S. The molecule has 0 aliphatic rings. The maximum Gasteiger partial charge on any atom is 0.265 e. The maximum absolute atomic E-state index is 13.3. The number of halogens is 3. The molecule has 5 nitrogen and oxygen atoms in total. The molecule has 0 fully saturated rings. The first-order chi connectivity index (χ1) is 8.77. The Kier molecular flexibility index (Phi) is 5.15. The molecular weight excluding hydrogens is 287 g/mol. The second-order valence-electron chi connectivity index (χ2n) is 3.55. The second kappa shape index (κ2) is 6.22. The summed E-state index contributed by atoms with van der Waals surface area (Å²) in [5, 5.41) is 8.80. The van der Waals surface area contributed by atoms with E-state index in [0.29, 0.717) is 6.07 Å². The molecule has 0 aromatic heterocycles. The smallest absolute Gasteiger partial charge is 0.265 e. The van der Waals surface area contributed by atoms with Gasteiger partial charge in [-0.2, -0.15) is 0 Å². The van der Waals surface area contributed by atoms with E-state index >= 15 is 0 Å². The Balaban J connectivity index is 2.86. The SMILES string of the molecule is COc1ccc(S(=O)(=O)NCC(O)C(F)F)cc1F. The molecule has 1 rings (SSSR count). The van der Waals surface area contributed by atoms with Crippen LogP contribution in [-0.4, -0.2) is 39.7 Å². The number of alkyl halides is 2. The molecule has 0 aliphatic carbocycles. The van der Waals surface area contributed by atoms with Crippen LogP contribution in [0.25, 0.3) is 0 Å². The summed E-state index contributed by atoms with van der Waals surface area (Å²) in [6.07, 6.45) is -5.20. The zero-order chi connectivity index (χ0) is 14.6. The van der Waals surface area contributed by atoms with Crippen molar-refractivity contribution < 1.29 is 31.4 Å². The van der Waals surface area contributed by atoms with Gasteiger partial charge in [-0.15, -0.1) is 0 Å². The highest BCUT2D eigenvalue weighted by Crippen LogP contribution is 2.20. The highest BCUT2D eigenvalue weighted by molar-refractivity contribution is 7.89. The summed E-state index contributed by atoms with van der Waals surface area (Å²) in [5.74, 6) is -1.05. The molecule has 0 radical (unpaired) electrons. The average molecular weight is 299 g/mol. The molecule has 0 aliphatic heterocycles. The number of ether oxygens (including phenoxy) is 1. The van der Waals surface area contributed by atoms with Crippen molar-refractivity contribution >= 4 is 10.0 Å². The number of hydrogen-bond acceptors (Lipinski definition) is 4. The summed E-state index contributed by atoms with van der Waals surface area (Å²) in [7, 11) is -2.96. The first kappa shape index (κ1) is 15.7. The van der Waals surface area contributed by atoms with Crippen molar-refractivity contribution in [3.8, 4) is 5.75 Å². The van der Waals surface area contributed by atoms with Crippen LogP contribution in [0.2, 0.25) is 0 Å². The summed E-state index contributed by atoms with van der Waals surface area (Å²) in [6.45, 7) is -0.867. The minimum Gasteiger partial charge on any atom is -0.494 e. The minimum atomic E-state index is -4.18. The lowest BCUT2D eigenvalue weighted by Gasteiger charge is -2.11. The monoisotopic (exact) mass is 299 g/mol. The van der Waals surface area contributed by atoms with E-state index in [-0.39, 0.29) is 5.75 Å². The molecule has 19 heavy (non-hydrogen) atoms. The van der Waals surface area contributed by atoms with Gasteiger partial charge in [0.1, 0.15) is 6.10 Å². The van der Waals surface area contributed by atoms with Crippen molar-refractivity contribution in [2.24, 2.45) is 0 Å². The Morgan fingerprint density at radius 3 is 2.53 bits per heavy atom. The molecule has 0 saturated carbocycles. The van der Waals surface area contributed by atoms with E-state index in [1.165, 1.54) is 7.11 Å². The third-order valence-electron chi connectivity index (χ3n) is 2.21. The van der Waals surface area contributed by atoms with Crippen molar-refractivity contribution in [3.05, 3.63) is 24.0 Å². The topological polar surface area (TPSA) is 75.6 Å². The van der Waals surface area contributed by atoms with Gasteiger partial charge in [0.05, 0.1) is 12.0 Å². The summed E-state index contributed by atoms with van der Waals surface area (Å²) in [6, 6.07) is 2.84. The standard InChI is InChI=1S/C10H12F3NO4S/c1-18-9-3-2-6(4-7(9)11)19(16,17)14-5-8(15)10(12)13/h2-4,8,10,14-15H,5H2,1H3. The van der Waals surface area contributed by atoms with E-state index < -0.39 is 39.8 Å². The molecule has 1 aromatic carbocycles. The van der Waals surface area contributed by atoms with Crippen LogP contribution in [0.3, 0.4) is 0 Å². The summed E-state index contributed by atoms with van der Waals surface area (Å²) in [4.78, 5) is -0.452. The first-order valence-corrected chi connectivity index (χ1v) is 6.55. The number of methoxy groups -OCH3 is 1. The molecule has 108 valence electrons. The first-order valence-electron chi connectivity index (χ1n) is 5.07. The predicted molar refractivity (Wildman–Crippen MR) is 60.2 cm³/mol. The lowest BCUT2D eigenvalue weighted by Crippen LogP contribution is -2.35. The number of hydrogen-bond donors (Lipinski definition) is 2. The third kappa shape index (κ3) is 4.08. The third-order valence-corrected chi connectivity index (χ3v) is 3.63. The van der Waals surface area contributed by atoms with Crippen LogP contribution in [0.15, 0.2) is 23.1 Å². The molecule has 0 saturated heterocycles. The van der Waals surface area contributed by atoms with Crippen LogP contribution < -0.4 is 9.46 Å². The zero-order valence-electron chi connectivity index (χ0n) is 9.81. The van der Waals surface area contributed by atoms with Crippen molar-refractivity contribution in [2.45, 2.75) is 17.4 Å². The van der Waals surface area contributed by atoms with Crippen LogP contribution in [0, 0.1) is 5.82 Å². The highest BCUT2D eigenvalue weighted by atomic mass is 32.2. The van der Waals surface area contributed by atoms with Crippen LogP contribution in [0.1, 0.15) is 0 Å². The van der Waals surface area contributed by atoms with Crippen molar-refractivity contribution in [3.63, 3.8) is 0 Å². The van der Waals surface area contributed by atoms with Gasteiger partial charge in [-0.05, 0) is 18.2 Å². The van der Waals surface area contributed by atoms with E-state index in [1.54, 1.807) is 4.72 Å². The van der Waals surface area contributed by atoms with E-state index in [2.05, 4.69) is 4.74 Å². The number of nitrogens with one attached hydrogen (secondary N) is 1. The number of rotatable bonds is 6. The van der Waals surface area contributed by atoms with Crippen molar-refractivity contribution in [1.82, 2.24) is 4.72 Å². The summed E-state index contributed by atoms with van der Waals surface area (Å²) in [5.41, 5.74) is 0. The van der Waals surface area contributed by atoms with Crippen LogP contribution in [0.5, 0.6) is 5.75 Å². The largest absolute Gasteiger partial charge is 0.494 e. The number of sulfonamides is 1.